The fraction of sp³-hybridized carbons (Fsp3) is 0.529. The predicted molar refractivity (Wildman–Crippen MR) is 94.2 cm³/mol. The van der Waals surface area contributed by atoms with Crippen LogP contribution in [0.1, 0.15) is 19.8 Å². The number of urea groups is 1. The van der Waals surface area contributed by atoms with Gasteiger partial charge in [-0.1, -0.05) is 17.7 Å². The number of amides is 3. The van der Waals surface area contributed by atoms with Crippen molar-refractivity contribution < 1.29 is 14.0 Å². The van der Waals surface area contributed by atoms with Gasteiger partial charge in [0.15, 0.2) is 5.82 Å². The Hall–Kier alpha value is -1.86. The zero-order chi connectivity index (χ0) is 18.0. The maximum atomic E-state index is 13.9. The summed E-state index contributed by atoms with van der Waals surface area (Å²) >= 11 is 5.72. The summed E-state index contributed by atoms with van der Waals surface area (Å²) in [5, 5.41) is 5.52. The van der Waals surface area contributed by atoms with Gasteiger partial charge in [-0.2, -0.15) is 0 Å². The molecular weight excluding hydrogens is 347 g/mol. The first-order valence-electron chi connectivity index (χ1n) is 8.50. The first-order chi connectivity index (χ1) is 12.0. The van der Waals surface area contributed by atoms with Crippen LogP contribution in [0.2, 0.25) is 5.02 Å². The molecule has 2 aliphatic rings. The Bertz CT molecular complexity index is 660. The molecule has 2 fully saturated rings. The molecule has 2 N–H and O–H groups in total. The van der Waals surface area contributed by atoms with E-state index < -0.39 is 5.82 Å². The Balaban J connectivity index is 1.50. The minimum atomic E-state index is -0.637. The van der Waals surface area contributed by atoms with E-state index in [9.17, 15) is 14.0 Å². The fourth-order valence-corrected chi connectivity index (χ4v) is 3.00. The Morgan fingerprint density at radius 1 is 1.24 bits per heavy atom. The summed E-state index contributed by atoms with van der Waals surface area (Å²) in [6.45, 7) is 4.05. The monoisotopic (exact) mass is 368 g/mol. The lowest BCUT2D eigenvalue weighted by atomic mass is 10.2. The number of piperazine rings is 1. The molecule has 136 valence electrons. The van der Waals surface area contributed by atoms with E-state index in [0.29, 0.717) is 32.2 Å². The average molecular weight is 369 g/mol. The number of halogens is 2. The van der Waals surface area contributed by atoms with Crippen molar-refractivity contribution in [1.29, 1.82) is 0 Å². The van der Waals surface area contributed by atoms with E-state index >= 15 is 0 Å². The summed E-state index contributed by atoms with van der Waals surface area (Å²) in [6, 6.07) is 4.25. The lowest BCUT2D eigenvalue weighted by Crippen LogP contribution is -2.55. The van der Waals surface area contributed by atoms with E-state index in [-0.39, 0.29) is 28.7 Å². The number of nitrogens with one attached hydrogen (secondary N) is 2. The van der Waals surface area contributed by atoms with Crippen LogP contribution in [0.4, 0.5) is 14.9 Å². The number of rotatable bonds is 4. The number of carbonyl (C=O) groups is 2. The highest BCUT2D eigenvalue weighted by Gasteiger charge is 2.31. The first-order valence-corrected chi connectivity index (χ1v) is 8.88. The standard InChI is InChI=1S/C17H22ClFN4O2/c1-11(16(24)20-12-5-6-12)22-7-9-23(10-8-22)17(25)21-14-4-2-3-13(18)15(14)19/h2-4,11-12H,5-10H2,1H3,(H,20,24)(H,21,25)/t11-/m0/s1. The first kappa shape index (κ1) is 17.9. The smallest absolute Gasteiger partial charge is 0.322 e. The van der Waals surface area contributed by atoms with E-state index in [1.54, 1.807) is 11.0 Å². The number of benzene rings is 1. The van der Waals surface area contributed by atoms with Crippen molar-refractivity contribution in [3.63, 3.8) is 0 Å². The van der Waals surface area contributed by atoms with Crippen LogP contribution in [-0.4, -0.2) is 60.0 Å². The molecule has 0 bridgehead atoms. The molecule has 8 heteroatoms. The van der Waals surface area contributed by atoms with Crippen molar-refractivity contribution in [3.05, 3.63) is 29.0 Å². The quantitative estimate of drug-likeness (QED) is 0.857. The summed E-state index contributed by atoms with van der Waals surface area (Å²) in [7, 11) is 0. The summed E-state index contributed by atoms with van der Waals surface area (Å²) < 4.78 is 13.9. The molecule has 1 saturated heterocycles. The van der Waals surface area contributed by atoms with Crippen molar-refractivity contribution in [2.24, 2.45) is 0 Å². The fourth-order valence-electron chi connectivity index (χ4n) is 2.82. The van der Waals surface area contributed by atoms with E-state index in [4.69, 9.17) is 11.6 Å². The molecule has 0 spiro atoms. The summed E-state index contributed by atoms with van der Waals surface area (Å²) in [4.78, 5) is 28.1. The van der Waals surface area contributed by atoms with Crippen LogP contribution in [0.3, 0.4) is 0 Å². The molecule has 1 heterocycles. The zero-order valence-corrected chi connectivity index (χ0v) is 14.9. The molecule has 25 heavy (non-hydrogen) atoms. The molecule has 1 aliphatic heterocycles. The van der Waals surface area contributed by atoms with Crippen molar-refractivity contribution in [2.75, 3.05) is 31.5 Å². The Kier molecular flexibility index (Phi) is 5.44. The minimum absolute atomic E-state index is 0.0295. The van der Waals surface area contributed by atoms with Crippen molar-refractivity contribution in [2.45, 2.75) is 31.8 Å². The lowest BCUT2D eigenvalue weighted by Gasteiger charge is -2.37. The van der Waals surface area contributed by atoms with Gasteiger partial charge in [-0.25, -0.2) is 9.18 Å². The Morgan fingerprint density at radius 2 is 1.92 bits per heavy atom. The third-order valence-corrected chi connectivity index (χ3v) is 4.94. The number of carbonyl (C=O) groups excluding carboxylic acids is 2. The van der Waals surface area contributed by atoms with Gasteiger partial charge in [0, 0.05) is 32.2 Å². The molecule has 1 aromatic carbocycles. The summed E-state index contributed by atoms with van der Waals surface area (Å²) in [6.07, 6.45) is 2.12. The highest BCUT2D eigenvalue weighted by atomic mass is 35.5. The van der Waals surface area contributed by atoms with Crippen LogP contribution in [0.15, 0.2) is 18.2 Å². The topological polar surface area (TPSA) is 64.7 Å². The van der Waals surface area contributed by atoms with E-state index in [1.165, 1.54) is 12.1 Å². The lowest BCUT2D eigenvalue weighted by molar-refractivity contribution is -0.126. The van der Waals surface area contributed by atoms with Gasteiger partial charge in [-0.15, -0.1) is 0 Å². The minimum Gasteiger partial charge on any atom is -0.352 e. The van der Waals surface area contributed by atoms with E-state index in [0.717, 1.165) is 12.8 Å². The van der Waals surface area contributed by atoms with Crippen molar-refractivity contribution in [1.82, 2.24) is 15.1 Å². The maximum absolute atomic E-state index is 13.9. The van der Waals surface area contributed by atoms with Crippen LogP contribution in [0.25, 0.3) is 0 Å². The van der Waals surface area contributed by atoms with Crippen LogP contribution >= 0.6 is 11.6 Å². The number of nitrogens with zero attached hydrogens (tertiary/aromatic N) is 2. The van der Waals surface area contributed by atoms with Crippen LogP contribution in [-0.2, 0) is 4.79 Å². The van der Waals surface area contributed by atoms with Gasteiger partial charge in [-0.05, 0) is 31.9 Å². The zero-order valence-electron chi connectivity index (χ0n) is 14.1. The third-order valence-electron chi connectivity index (χ3n) is 4.65. The molecule has 0 unspecified atom stereocenters. The molecular formula is C17H22ClFN4O2. The van der Waals surface area contributed by atoms with Gasteiger partial charge in [0.25, 0.3) is 0 Å². The van der Waals surface area contributed by atoms with Gasteiger partial charge in [0.05, 0.1) is 16.8 Å². The largest absolute Gasteiger partial charge is 0.352 e. The predicted octanol–water partition coefficient (Wildman–Crippen LogP) is 2.30. The molecule has 3 rings (SSSR count). The molecule has 1 saturated carbocycles. The van der Waals surface area contributed by atoms with Crippen molar-refractivity contribution in [3.8, 4) is 0 Å². The second kappa shape index (κ2) is 7.58. The third kappa shape index (κ3) is 4.41. The number of anilines is 1. The molecule has 3 amide bonds. The maximum Gasteiger partial charge on any atom is 0.322 e. The number of hydrogen-bond donors (Lipinski definition) is 2. The highest BCUT2D eigenvalue weighted by molar-refractivity contribution is 6.31. The van der Waals surface area contributed by atoms with Gasteiger partial charge in [0.1, 0.15) is 0 Å². The highest BCUT2D eigenvalue weighted by Crippen LogP contribution is 2.22. The normalized spacial score (nSPS) is 19.4. The molecule has 0 aromatic heterocycles. The Morgan fingerprint density at radius 3 is 2.56 bits per heavy atom. The van der Waals surface area contributed by atoms with Crippen LogP contribution in [0, 0.1) is 5.82 Å². The SMILES string of the molecule is C[C@@H](C(=O)NC1CC1)N1CCN(C(=O)Nc2cccc(Cl)c2F)CC1. The second-order valence-electron chi connectivity index (χ2n) is 6.51. The molecule has 0 radical (unpaired) electrons. The molecule has 1 aliphatic carbocycles. The van der Waals surface area contributed by atoms with Crippen LogP contribution in [0.5, 0.6) is 0 Å². The molecule has 1 atom stereocenters. The molecule has 6 nitrogen and oxygen atoms in total. The van der Waals surface area contributed by atoms with Crippen LogP contribution < -0.4 is 10.6 Å². The van der Waals surface area contributed by atoms with Gasteiger partial charge in [-0.3, -0.25) is 9.69 Å². The van der Waals surface area contributed by atoms with E-state index in [1.807, 2.05) is 6.92 Å². The van der Waals surface area contributed by atoms with Gasteiger partial charge >= 0.3 is 6.03 Å². The van der Waals surface area contributed by atoms with E-state index in [2.05, 4.69) is 15.5 Å². The second-order valence-corrected chi connectivity index (χ2v) is 6.92. The van der Waals surface area contributed by atoms with Gasteiger partial charge in [0.2, 0.25) is 5.91 Å². The van der Waals surface area contributed by atoms with Gasteiger partial charge < -0.3 is 15.5 Å². The summed E-state index contributed by atoms with van der Waals surface area (Å²) in [5.74, 6) is -0.595. The molecule has 1 aromatic rings. The average Bonchev–Trinajstić information content (AvgIpc) is 3.42. The van der Waals surface area contributed by atoms with Crippen molar-refractivity contribution >= 4 is 29.2 Å². The summed E-state index contributed by atoms with van der Waals surface area (Å²) in [5.41, 5.74) is 0.0668. The number of hydrogen-bond acceptors (Lipinski definition) is 3. The Labute approximate surface area is 151 Å².